The van der Waals surface area contributed by atoms with Gasteiger partial charge in [0.15, 0.2) is 5.89 Å². The van der Waals surface area contributed by atoms with Crippen LogP contribution in [0, 0.1) is 19.3 Å². The normalized spacial score (nSPS) is 23.4. The zero-order valence-electron chi connectivity index (χ0n) is 15.3. The fraction of sp³-hybridized carbons (Fsp3) is 0.421. The molecule has 0 unspecified atom stereocenters. The van der Waals surface area contributed by atoms with Crippen molar-refractivity contribution < 1.29 is 28.6 Å². The van der Waals surface area contributed by atoms with Crippen molar-refractivity contribution in [2.24, 2.45) is 5.41 Å². The van der Waals surface area contributed by atoms with Crippen LogP contribution in [0.15, 0.2) is 22.6 Å². The number of aliphatic carboxylic acids is 1. The third-order valence-electron chi connectivity index (χ3n) is 5.44. The van der Waals surface area contributed by atoms with Crippen LogP contribution < -0.4 is 9.47 Å². The highest BCUT2D eigenvalue weighted by atomic mass is 16.5. The average molecular weight is 372 g/mol. The van der Waals surface area contributed by atoms with Crippen molar-refractivity contribution in [3.05, 3.63) is 41.1 Å². The summed E-state index contributed by atoms with van der Waals surface area (Å²) in [6, 6.07) is 5.33. The van der Waals surface area contributed by atoms with Crippen molar-refractivity contribution in [3.63, 3.8) is 0 Å². The molecule has 1 fully saturated rings. The van der Waals surface area contributed by atoms with E-state index < -0.39 is 11.4 Å². The molecule has 8 nitrogen and oxygen atoms in total. The van der Waals surface area contributed by atoms with Gasteiger partial charge in [0.25, 0.3) is 5.91 Å². The molecule has 0 radical (unpaired) electrons. The van der Waals surface area contributed by atoms with Gasteiger partial charge in [0, 0.05) is 37.6 Å². The second-order valence-electron chi connectivity index (χ2n) is 7.04. The number of hydrogen-bond acceptors (Lipinski definition) is 6. The van der Waals surface area contributed by atoms with Gasteiger partial charge in [-0.1, -0.05) is 6.07 Å². The van der Waals surface area contributed by atoms with E-state index in [4.69, 9.17) is 13.9 Å². The van der Waals surface area contributed by atoms with Gasteiger partial charge in [-0.25, -0.2) is 4.98 Å². The lowest BCUT2D eigenvalue weighted by Gasteiger charge is -2.35. The van der Waals surface area contributed by atoms with Gasteiger partial charge in [-0.15, -0.1) is 0 Å². The van der Waals surface area contributed by atoms with Gasteiger partial charge in [-0.05, 0) is 13.0 Å². The predicted octanol–water partition coefficient (Wildman–Crippen LogP) is 2.00. The summed E-state index contributed by atoms with van der Waals surface area (Å²) in [5.41, 5.74) is 0.0728. The van der Waals surface area contributed by atoms with Crippen molar-refractivity contribution in [2.45, 2.75) is 19.8 Å². The Kier molecular flexibility index (Phi) is 3.87. The minimum absolute atomic E-state index is 0.00857. The lowest BCUT2D eigenvalue weighted by atomic mass is 9.73. The molecule has 8 heteroatoms. The van der Waals surface area contributed by atoms with E-state index in [1.54, 1.807) is 33.1 Å². The lowest BCUT2D eigenvalue weighted by Crippen LogP contribution is -2.46. The van der Waals surface area contributed by atoms with Gasteiger partial charge in [-0.3, -0.25) is 9.59 Å². The Balaban J connectivity index is 1.72. The van der Waals surface area contributed by atoms with E-state index in [1.165, 1.54) is 4.90 Å². The number of fused-ring (bicyclic) bond motifs is 3. The molecule has 0 bridgehead atoms. The second kappa shape index (κ2) is 6.00. The standard InChI is InChI=1S/C19H20N2O6/c1-10-16(27-11(2)20-10)17(22)21-7-14-13-5-4-12(25-3)6-15(13)26-9-19(14,8-21)18(23)24/h4-6,14H,7-9H2,1-3H3,(H,23,24)/t14-,19-/m1/s1. The topological polar surface area (TPSA) is 102 Å². The highest BCUT2D eigenvalue weighted by Crippen LogP contribution is 2.50. The molecule has 27 heavy (non-hydrogen) atoms. The number of aryl methyl sites for hydroxylation is 2. The molecule has 3 heterocycles. The molecule has 0 aliphatic carbocycles. The van der Waals surface area contributed by atoms with Gasteiger partial charge in [0.1, 0.15) is 23.5 Å². The van der Waals surface area contributed by atoms with Gasteiger partial charge in [0.05, 0.1) is 12.8 Å². The third kappa shape index (κ3) is 2.55. The fourth-order valence-corrected chi connectivity index (χ4v) is 4.02. The molecular formula is C19H20N2O6. The number of ether oxygens (including phenoxy) is 2. The highest BCUT2D eigenvalue weighted by molar-refractivity contribution is 5.94. The maximum atomic E-state index is 12.9. The summed E-state index contributed by atoms with van der Waals surface area (Å²) in [4.78, 5) is 30.8. The number of carboxylic acids is 1. The van der Waals surface area contributed by atoms with Crippen LogP contribution in [0.2, 0.25) is 0 Å². The van der Waals surface area contributed by atoms with Crippen LogP contribution in [0.5, 0.6) is 11.5 Å². The first-order valence-electron chi connectivity index (χ1n) is 8.63. The Morgan fingerprint density at radius 1 is 1.37 bits per heavy atom. The molecule has 2 aromatic rings. The maximum Gasteiger partial charge on any atom is 0.315 e. The molecule has 142 valence electrons. The molecule has 1 N–H and O–H groups in total. The zero-order valence-corrected chi connectivity index (χ0v) is 15.3. The molecule has 4 rings (SSSR count). The van der Waals surface area contributed by atoms with Crippen LogP contribution in [0.3, 0.4) is 0 Å². The van der Waals surface area contributed by atoms with E-state index in [0.717, 1.165) is 5.56 Å². The number of carbonyl (C=O) groups excluding carboxylic acids is 1. The van der Waals surface area contributed by atoms with Gasteiger partial charge < -0.3 is 23.9 Å². The van der Waals surface area contributed by atoms with E-state index in [1.807, 2.05) is 6.07 Å². The summed E-state index contributed by atoms with van der Waals surface area (Å²) in [6.07, 6.45) is 0. The number of aromatic nitrogens is 1. The van der Waals surface area contributed by atoms with E-state index in [-0.39, 0.29) is 37.3 Å². The Labute approximate surface area is 155 Å². The first-order valence-corrected chi connectivity index (χ1v) is 8.63. The van der Waals surface area contributed by atoms with Gasteiger partial charge in [-0.2, -0.15) is 0 Å². The Morgan fingerprint density at radius 2 is 2.15 bits per heavy atom. The van der Waals surface area contributed by atoms with E-state index in [2.05, 4.69) is 4.98 Å². The predicted molar refractivity (Wildman–Crippen MR) is 93.2 cm³/mol. The number of hydrogen-bond donors (Lipinski definition) is 1. The summed E-state index contributed by atoms with van der Waals surface area (Å²) >= 11 is 0. The van der Waals surface area contributed by atoms with Crippen LogP contribution in [-0.4, -0.2) is 53.7 Å². The molecule has 0 spiro atoms. The molecule has 0 saturated carbocycles. The van der Waals surface area contributed by atoms with E-state index in [0.29, 0.717) is 23.1 Å². The number of methoxy groups -OCH3 is 1. The molecule has 1 aromatic heterocycles. The van der Waals surface area contributed by atoms with Gasteiger partial charge >= 0.3 is 5.97 Å². The largest absolute Gasteiger partial charge is 0.497 e. The number of carbonyl (C=O) groups is 2. The molecule has 1 amide bonds. The minimum atomic E-state index is -1.19. The first kappa shape index (κ1) is 17.4. The molecular weight excluding hydrogens is 352 g/mol. The van der Waals surface area contributed by atoms with Crippen LogP contribution in [0.25, 0.3) is 0 Å². The summed E-state index contributed by atoms with van der Waals surface area (Å²) in [7, 11) is 1.56. The minimum Gasteiger partial charge on any atom is -0.497 e. The summed E-state index contributed by atoms with van der Waals surface area (Å²) in [5.74, 6) is 0.0853. The number of amides is 1. The monoisotopic (exact) mass is 372 g/mol. The third-order valence-corrected chi connectivity index (χ3v) is 5.44. The molecule has 2 atom stereocenters. The molecule has 2 aliphatic rings. The smallest absolute Gasteiger partial charge is 0.315 e. The number of rotatable bonds is 3. The molecule has 2 aliphatic heterocycles. The Hall–Kier alpha value is -3.03. The maximum absolute atomic E-state index is 12.9. The number of carboxylic acid groups (broad SMARTS) is 1. The quantitative estimate of drug-likeness (QED) is 0.879. The van der Waals surface area contributed by atoms with Crippen molar-refractivity contribution in [1.82, 2.24) is 9.88 Å². The first-order chi connectivity index (χ1) is 12.9. The number of likely N-dealkylation sites (tertiary alicyclic amines) is 1. The molecule has 1 saturated heterocycles. The lowest BCUT2D eigenvalue weighted by molar-refractivity contribution is -0.151. The van der Waals surface area contributed by atoms with Crippen molar-refractivity contribution in [3.8, 4) is 11.5 Å². The van der Waals surface area contributed by atoms with Crippen LogP contribution in [-0.2, 0) is 4.79 Å². The number of nitrogens with zero attached hydrogens (tertiary/aromatic N) is 2. The van der Waals surface area contributed by atoms with Crippen LogP contribution >= 0.6 is 0 Å². The van der Waals surface area contributed by atoms with E-state index >= 15 is 0 Å². The summed E-state index contributed by atoms with van der Waals surface area (Å²) in [6.45, 7) is 3.68. The Bertz CT molecular complexity index is 936. The number of oxazole rings is 1. The SMILES string of the molecule is COc1ccc2c(c1)OC[C@]1(C(=O)O)CN(C(=O)c3oc(C)nc3C)C[C@H]21. The van der Waals surface area contributed by atoms with Crippen molar-refractivity contribution in [2.75, 3.05) is 26.8 Å². The van der Waals surface area contributed by atoms with Crippen molar-refractivity contribution >= 4 is 11.9 Å². The van der Waals surface area contributed by atoms with E-state index in [9.17, 15) is 14.7 Å². The van der Waals surface area contributed by atoms with Crippen LogP contribution in [0.1, 0.15) is 33.6 Å². The molecule has 1 aromatic carbocycles. The highest BCUT2D eigenvalue weighted by Gasteiger charge is 2.58. The average Bonchev–Trinajstić information content (AvgIpc) is 3.21. The van der Waals surface area contributed by atoms with Gasteiger partial charge in [0.2, 0.25) is 5.76 Å². The zero-order chi connectivity index (χ0) is 19.3. The Morgan fingerprint density at radius 3 is 2.78 bits per heavy atom. The second-order valence-corrected chi connectivity index (χ2v) is 7.04. The summed E-state index contributed by atoms with van der Waals surface area (Å²) < 4.78 is 16.4. The van der Waals surface area contributed by atoms with Crippen molar-refractivity contribution in [1.29, 1.82) is 0 Å². The summed E-state index contributed by atoms with van der Waals surface area (Å²) in [5, 5.41) is 9.98. The number of benzene rings is 1. The fourth-order valence-electron chi connectivity index (χ4n) is 4.02. The van der Waals surface area contributed by atoms with Crippen LogP contribution in [0.4, 0.5) is 0 Å².